The third-order valence-electron chi connectivity index (χ3n) is 2.74. The lowest BCUT2D eigenvalue weighted by Gasteiger charge is -2.10. The highest BCUT2D eigenvalue weighted by Gasteiger charge is 2.07. The zero-order valence-electron chi connectivity index (χ0n) is 11.7. The molecule has 2 rings (SSSR count). The van der Waals surface area contributed by atoms with Gasteiger partial charge in [0.25, 0.3) is 0 Å². The summed E-state index contributed by atoms with van der Waals surface area (Å²) in [5.41, 5.74) is 7.04. The molecule has 0 bridgehead atoms. The summed E-state index contributed by atoms with van der Waals surface area (Å²) < 4.78 is 5.62. The molecule has 3 N–H and O–H groups in total. The maximum absolute atomic E-state index is 8.99. The maximum atomic E-state index is 8.99. The lowest BCUT2D eigenvalue weighted by Crippen LogP contribution is -2.26. The van der Waals surface area contributed by atoms with E-state index in [1.165, 1.54) is 0 Å². The van der Waals surface area contributed by atoms with E-state index in [2.05, 4.69) is 4.98 Å². The second kappa shape index (κ2) is 9.98. The van der Waals surface area contributed by atoms with Crippen LogP contribution in [0.2, 0.25) is 0 Å². The summed E-state index contributed by atoms with van der Waals surface area (Å²) in [4.78, 5) is 4.04. The summed E-state index contributed by atoms with van der Waals surface area (Å²) in [7, 11) is 0. The quantitative estimate of drug-likeness (QED) is 0.871. The Morgan fingerprint density at radius 2 is 2.05 bits per heavy atom. The molecular formula is C15H17Cl2N3O2. The van der Waals surface area contributed by atoms with Gasteiger partial charge in [-0.15, -0.1) is 24.8 Å². The first-order valence-electron chi connectivity index (χ1n) is 6.21. The van der Waals surface area contributed by atoms with Gasteiger partial charge in [0.05, 0.1) is 6.61 Å². The van der Waals surface area contributed by atoms with E-state index in [0.29, 0.717) is 17.7 Å². The molecule has 0 radical (unpaired) electrons. The molecule has 1 heterocycles. The normalized spacial score (nSPS) is 10.6. The Bertz CT molecular complexity index is 632. The number of rotatable bonds is 5. The Morgan fingerprint density at radius 3 is 2.73 bits per heavy atom. The van der Waals surface area contributed by atoms with Gasteiger partial charge in [0.1, 0.15) is 17.4 Å². The number of benzene rings is 1. The number of aliphatic hydroxyl groups excluding tert-OH is 1. The summed E-state index contributed by atoms with van der Waals surface area (Å²) in [6.45, 7) is -0.0656. The Hall–Kier alpha value is -1.84. The van der Waals surface area contributed by atoms with Gasteiger partial charge in [-0.1, -0.05) is 12.1 Å². The van der Waals surface area contributed by atoms with E-state index in [0.717, 1.165) is 5.56 Å². The smallest absolute Gasteiger partial charge is 0.237 e. The van der Waals surface area contributed by atoms with Crippen LogP contribution < -0.4 is 10.5 Å². The van der Waals surface area contributed by atoms with Gasteiger partial charge < -0.3 is 15.6 Å². The monoisotopic (exact) mass is 341 g/mol. The summed E-state index contributed by atoms with van der Waals surface area (Å²) in [5.74, 6) is 0.862. The highest BCUT2D eigenvalue weighted by atomic mass is 35.5. The number of halogens is 2. The molecule has 0 saturated carbocycles. The number of ether oxygens (including phenoxy) is 1. The van der Waals surface area contributed by atoms with Crippen LogP contribution in [0.3, 0.4) is 0 Å². The molecule has 2 aromatic rings. The number of hydrogen-bond acceptors (Lipinski definition) is 5. The fraction of sp³-hybridized carbons (Fsp3) is 0.200. The van der Waals surface area contributed by atoms with Crippen LogP contribution in [0.5, 0.6) is 11.6 Å². The molecule has 1 aromatic carbocycles. The van der Waals surface area contributed by atoms with Gasteiger partial charge in [-0.05, 0) is 36.2 Å². The first-order valence-corrected chi connectivity index (χ1v) is 6.21. The standard InChI is InChI=1S/C15H15N3O2.2ClH/c16-9-12-4-2-6-18-15(12)20-14-5-1-3-11(8-14)7-13(17)10-19;;/h1-6,8,13,19H,7,10,17H2;2*1H. The molecule has 1 aromatic heterocycles. The molecule has 1 unspecified atom stereocenters. The number of aromatic nitrogens is 1. The third kappa shape index (κ3) is 5.51. The van der Waals surface area contributed by atoms with Gasteiger partial charge in [0, 0.05) is 12.2 Å². The van der Waals surface area contributed by atoms with Gasteiger partial charge in [-0.2, -0.15) is 5.26 Å². The average molecular weight is 342 g/mol. The summed E-state index contributed by atoms with van der Waals surface area (Å²) in [6.07, 6.45) is 2.13. The minimum Gasteiger partial charge on any atom is -0.438 e. The molecule has 0 fully saturated rings. The van der Waals surface area contributed by atoms with Crippen molar-refractivity contribution in [1.29, 1.82) is 5.26 Å². The van der Waals surface area contributed by atoms with Gasteiger partial charge >= 0.3 is 0 Å². The van der Waals surface area contributed by atoms with Crippen LogP contribution in [0.1, 0.15) is 11.1 Å². The first-order chi connectivity index (χ1) is 9.72. The fourth-order valence-electron chi connectivity index (χ4n) is 1.77. The lowest BCUT2D eigenvalue weighted by molar-refractivity contribution is 0.265. The number of nitrogens with two attached hydrogens (primary N) is 1. The van der Waals surface area contributed by atoms with Crippen molar-refractivity contribution in [2.75, 3.05) is 6.61 Å². The molecule has 0 aliphatic rings. The highest BCUT2D eigenvalue weighted by Crippen LogP contribution is 2.23. The number of nitrogens with zero attached hydrogens (tertiary/aromatic N) is 2. The fourth-order valence-corrected chi connectivity index (χ4v) is 1.77. The number of nitriles is 1. The summed E-state index contributed by atoms with van der Waals surface area (Å²) >= 11 is 0. The summed E-state index contributed by atoms with van der Waals surface area (Å²) in [6, 6.07) is 12.4. The second-order valence-corrected chi connectivity index (χ2v) is 4.36. The van der Waals surface area contributed by atoms with Gasteiger partial charge in [0.15, 0.2) is 0 Å². The van der Waals surface area contributed by atoms with Crippen LogP contribution >= 0.6 is 24.8 Å². The van der Waals surface area contributed by atoms with Crippen molar-refractivity contribution >= 4 is 24.8 Å². The number of aliphatic hydroxyl groups is 1. The van der Waals surface area contributed by atoms with Crippen molar-refractivity contribution < 1.29 is 9.84 Å². The summed E-state index contributed by atoms with van der Waals surface area (Å²) in [5, 5.41) is 18.0. The van der Waals surface area contributed by atoms with Crippen LogP contribution in [-0.4, -0.2) is 22.7 Å². The molecule has 0 amide bonds. The molecule has 118 valence electrons. The van der Waals surface area contributed by atoms with Crippen LogP contribution in [-0.2, 0) is 6.42 Å². The zero-order chi connectivity index (χ0) is 14.4. The van der Waals surface area contributed by atoms with Crippen molar-refractivity contribution in [3.8, 4) is 17.7 Å². The lowest BCUT2D eigenvalue weighted by atomic mass is 10.1. The van der Waals surface area contributed by atoms with Gasteiger partial charge in [-0.25, -0.2) is 4.98 Å². The second-order valence-electron chi connectivity index (χ2n) is 4.36. The Labute approximate surface area is 141 Å². The van der Waals surface area contributed by atoms with Crippen molar-refractivity contribution in [3.05, 3.63) is 53.7 Å². The van der Waals surface area contributed by atoms with Crippen molar-refractivity contribution in [2.45, 2.75) is 12.5 Å². The maximum Gasteiger partial charge on any atom is 0.237 e. The van der Waals surface area contributed by atoms with Gasteiger partial charge in [0.2, 0.25) is 5.88 Å². The molecule has 5 nitrogen and oxygen atoms in total. The molecule has 7 heteroatoms. The molecule has 22 heavy (non-hydrogen) atoms. The van der Waals surface area contributed by atoms with Crippen LogP contribution in [0.25, 0.3) is 0 Å². The molecule has 1 atom stereocenters. The average Bonchev–Trinajstić information content (AvgIpc) is 2.48. The van der Waals surface area contributed by atoms with Crippen molar-refractivity contribution in [1.82, 2.24) is 4.98 Å². The predicted molar refractivity (Wildman–Crippen MR) is 88.7 cm³/mol. The van der Waals surface area contributed by atoms with E-state index in [1.807, 2.05) is 24.3 Å². The minimum absolute atomic E-state index is 0. The molecular weight excluding hydrogens is 325 g/mol. The van der Waals surface area contributed by atoms with Crippen LogP contribution in [0, 0.1) is 11.3 Å². The van der Waals surface area contributed by atoms with Crippen molar-refractivity contribution in [3.63, 3.8) is 0 Å². The van der Waals surface area contributed by atoms with Gasteiger partial charge in [-0.3, -0.25) is 0 Å². The van der Waals surface area contributed by atoms with E-state index >= 15 is 0 Å². The van der Waals surface area contributed by atoms with E-state index in [4.69, 9.17) is 20.8 Å². The SMILES string of the molecule is Cl.Cl.N#Cc1cccnc1Oc1cccc(CC(N)CO)c1. The Kier molecular flexibility index (Phi) is 9.15. The van der Waals surface area contributed by atoms with Crippen molar-refractivity contribution in [2.24, 2.45) is 5.73 Å². The number of hydrogen-bond donors (Lipinski definition) is 2. The predicted octanol–water partition coefficient (Wildman–Crippen LogP) is 2.45. The van der Waals surface area contributed by atoms with E-state index < -0.39 is 0 Å². The largest absolute Gasteiger partial charge is 0.438 e. The van der Waals surface area contributed by atoms with E-state index in [-0.39, 0.29) is 43.3 Å². The molecule has 0 aliphatic carbocycles. The highest BCUT2D eigenvalue weighted by molar-refractivity contribution is 5.85. The van der Waals surface area contributed by atoms with Crippen LogP contribution in [0.4, 0.5) is 0 Å². The van der Waals surface area contributed by atoms with Crippen LogP contribution in [0.15, 0.2) is 42.6 Å². The minimum atomic E-state index is -0.297. The molecule has 0 aliphatic heterocycles. The zero-order valence-corrected chi connectivity index (χ0v) is 13.3. The molecule has 0 saturated heterocycles. The molecule has 0 spiro atoms. The Balaban J connectivity index is 0.00000220. The van der Waals surface area contributed by atoms with E-state index in [1.54, 1.807) is 24.4 Å². The Morgan fingerprint density at radius 1 is 1.27 bits per heavy atom. The first kappa shape index (κ1) is 20.2. The topological polar surface area (TPSA) is 92.2 Å². The van der Waals surface area contributed by atoms with E-state index in [9.17, 15) is 0 Å². The third-order valence-corrected chi connectivity index (χ3v) is 2.74. The number of pyridine rings is 1.